The zero-order valence-electron chi connectivity index (χ0n) is 19.7. The molecule has 0 heteroatoms. The van der Waals surface area contributed by atoms with Crippen molar-refractivity contribution in [2.24, 2.45) is 5.92 Å². The van der Waals surface area contributed by atoms with E-state index in [-0.39, 0.29) is 0 Å². The van der Waals surface area contributed by atoms with Gasteiger partial charge in [0.25, 0.3) is 0 Å². The SMILES string of the molecule is CCCCCCCCCCCc1ccc(-c2ccc(C3CCC(C)CC3)cc2)cc1. The van der Waals surface area contributed by atoms with E-state index >= 15 is 0 Å². The van der Waals surface area contributed by atoms with Gasteiger partial charge in [0.2, 0.25) is 0 Å². The van der Waals surface area contributed by atoms with Crippen molar-refractivity contribution < 1.29 is 0 Å². The minimum Gasteiger partial charge on any atom is -0.0654 e. The molecule has 0 spiro atoms. The van der Waals surface area contributed by atoms with E-state index in [4.69, 9.17) is 0 Å². The zero-order chi connectivity index (χ0) is 21.0. The van der Waals surface area contributed by atoms with Crippen molar-refractivity contribution in [1.82, 2.24) is 0 Å². The van der Waals surface area contributed by atoms with Gasteiger partial charge >= 0.3 is 0 Å². The van der Waals surface area contributed by atoms with E-state index in [0.717, 1.165) is 11.8 Å². The Balaban J connectivity index is 1.38. The third kappa shape index (κ3) is 7.60. The Morgan fingerprint density at radius 1 is 0.600 bits per heavy atom. The number of unbranched alkanes of at least 4 members (excludes halogenated alkanes) is 8. The minimum absolute atomic E-state index is 0.786. The fourth-order valence-electron chi connectivity index (χ4n) is 5.04. The minimum atomic E-state index is 0.786. The summed E-state index contributed by atoms with van der Waals surface area (Å²) in [6, 6.07) is 18.8. The van der Waals surface area contributed by atoms with E-state index in [2.05, 4.69) is 62.4 Å². The van der Waals surface area contributed by atoms with Crippen LogP contribution in [0.15, 0.2) is 48.5 Å². The van der Waals surface area contributed by atoms with E-state index in [1.54, 1.807) is 5.56 Å². The van der Waals surface area contributed by atoms with Crippen LogP contribution in [0.1, 0.15) is 114 Å². The lowest BCUT2D eigenvalue weighted by molar-refractivity contribution is 0.348. The molecule has 30 heavy (non-hydrogen) atoms. The molecule has 0 nitrogen and oxygen atoms in total. The first-order chi connectivity index (χ1) is 14.8. The molecule has 1 aliphatic rings. The molecule has 0 saturated heterocycles. The maximum Gasteiger partial charge on any atom is -0.0162 e. The second-order valence-electron chi connectivity index (χ2n) is 9.85. The van der Waals surface area contributed by atoms with Crippen LogP contribution in [0.4, 0.5) is 0 Å². The molecule has 1 aliphatic carbocycles. The number of aryl methyl sites for hydroxylation is 1. The normalized spacial score (nSPS) is 19.1. The van der Waals surface area contributed by atoms with Gasteiger partial charge in [-0.1, -0.05) is 127 Å². The highest BCUT2D eigenvalue weighted by Gasteiger charge is 2.19. The molecule has 2 aromatic rings. The largest absolute Gasteiger partial charge is 0.0654 e. The summed E-state index contributed by atoms with van der Waals surface area (Å²) < 4.78 is 0. The van der Waals surface area contributed by atoms with Crippen molar-refractivity contribution in [2.75, 3.05) is 0 Å². The first-order valence-electron chi connectivity index (χ1n) is 13.0. The molecule has 0 heterocycles. The standard InChI is InChI=1S/C30H44/c1-3-4-5-6-7-8-9-10-11-12-26-15-19-28(20-16-26)30-23-21-29(22-24-30)27-17-13-25(2)14-18-27/h15-16,19-25,27H,3-14,17-18H2,1-2H3. The summed E-state index contributed by atoms with van der Waals surface area (Å²) in [7, 11) is 0. The summed E-state index contributed by atoms with van der Waals surface area (Å²) in [6.45, 7) is 4.69. The molecule has 1 saturated carbocycles. The predicted molar refractivity (Wildman–Crippen MR) is 133 cm³/mol. The Labute approximate surface area is 186 Å². The van der Waals surface area contributed by atoms with E-state index in [0.29, 0.717) is 0 Å². The average molecular weight is 405 g/mol. The molecule has 0 atom stereocenters. The quantitative estimate of drug-likeness (QED) is 0.309. The van der Waals surface area contributed by atoms with Crippen LogP contribution in [0.5, 0.6) is 0 Å². The Morgan fingerprint density at radius 2 is 1.10 bits per heavy atom. The van der Waals surface area contributed by atoms with Crippen LogP contribution < -0.4 is 0 Å². The molecule has 0 radical (unpaired) electrons. The second kappa shape index (κ2) is 13.0. The molecule has 2 aromatic carbocycles. The number of hydrogen-bond donors (Lipinski definition) is 0. The van der Waals surface area contributed by atoms with Crippen LogP contribution in [0.3, 0.4) is 0 Å². The highest BCUT2D eigenvalue weighted by atomic mass is 14.2. The molecular formula is C30H44. The lowest BCUT2D eigenvalue weighted by atomic mass is 9.79. The number of hydrogen-bond acceptors (Lipinski definition) is 0. The smallest absolute Gasteiger partial charge is 0.0162 e. The molecule has 0 unspecified atom stereocenters. The molecular weight excluding hydrogens is 360 g/mol. The van der Waals surface area contributed by atoms with Crippen molar-refractivity contribution in [3.05, 3.63) is 59.7 Å². The maximum atomic E-state index is 2.40. The first kappa shape index (κ1) is 23.1. The fraction of sp³-hybridized carbons (Fsp3) is 0.600. The first-order valence-corrected chi connectivity index (χ1v) is 13.0. The average Bonchev–Trinajstić information content (AvgIpc) is 2.79. The number of benzene rings is 2. The molecule has 0 aromatic heterocycles. The van der Waals surface area contributed by atoms with Crippen LogP contribution in [0, 0.1) is 5.92 Å². The Bertz CT molecular complexity index is 686. The van der Waals surface area contributed by atoms with Crippen LogP contribution in [0.2, 0.25) is 0 Å². The summed E-state index contributed by atoms with van der Waals surface area (Å²) >= 11 is 0. The molecule has 0 amide bonds. The Morgan fingerprint density at radius 3 is 1.67 bits per heavy atom. The summed E-state index contributed by atoms with van der Waals surface area (Å²) in [5, 5.41) is 0. The van der Waals surface area contributed by atoms with Crippen LogP contribution in [0.25, 0.3) is 11.1 Å². The van der Waals surface area contributed by atoms with Gasteiger partial charge in [-0.25, -0.2) is 0 Å². The second-order valence-corrected chi connectivity index (χ2v) is 9.85. The van der Waals surface area contributed by atoms with Crippen molar-refractivity contribution in [2.45, 2.75) is 110 Å². The fourth-order valence-corrected chi connectivity index (χ4v) is 5.04. The maximum absolute atomic E-state index is 2.40. The Kier molecular flexibility index (Phi) is 10.0. The van der Waals surface area contributed by atoms with Gasteiger partial charge in [-0.2, -0.15) is 0 Å². The third-order valence-electron chi connectivity index (χ3n) is 7.25. The van der Waals surface area contributed by atoms with Crippen molar-refractivity contribution >= 4 is 0 Å². The molecule has 1 fully saturated rings. The van der Waals surface area contributed by atoms with E-state index in [9.17, 15) is 0 Å². The van der Waals surface area contributed by atoms with Crippen LogP contribution in [-0.4, -0.2) is 0 Å². The van der Waals surface area contributed by atoms with Gasteiger partial charge in [0, 0.05) is 0 Å². The van der Waals surface area contributed by atoms with Crippen molar-refractivity contribution in [3.8, 4) is 11.1 Å². The molecule has 0 bridgehead atoms. The van der Waals surface area contributed by atoms with Gasteiger partial charge in [-0.3, -0.25) is 0 Å². The Hall–Kier alpha value is -1.56. The highest BCUT2D eigenvalue weighted by molar-refractivity contribution is 5.64. The summed E-state index contributed by atoms with van der Waals surface area (Å²) in [6.07, 6.45) is 19.4. The summed E-state index contributed by atoms with van der Waals surface area (Å²) in [5.74, 6) is 1.71. The monoisotopic (exact) mass is 404 g/mol. The van der Waals surface area contributed by atoms with Gasteiger partial charge < -0.3 is 0 Å². The van der Waals surface area contributed by atoms with Crippen LogP contribution >= 0.6 is 0 Å². The van der Waals surface area contributed by atoms with E-state index < -0.39 is 0 Å². The van der Waals surface area contributed by atoms with Gasteiger partial charge in [0.15, 0.2) is 0 Å². The molecule has 164 valence electrons. The van der Waals surface area contributed by atoms with Gasteiger partial charge in [0.05, 0.1) is 0 Å². The topological polar surface area (TPSA) is 0 Å². The lowest BCUT2D eigenvalue weighted by Crippen LogP contribution is -2.10. The molecule has 0 N–H and O–H groups in total. The van der Waals surface area contributed by atoms with Gasteiger partial charge in [-0.05, 0) is 59.8 Å². The van der Waals surface area contributed by atoms with Crippen molar-refractivity contribution in [1.29, 1.82) is 0 Å². The third-order valence-corrected chi connectivity index (χ3v) is 7.25. The molecule has 0 aliphatic heterocycles. The molecule has 3 rings (SSSR count). The predicted octanol–water partition coefficient (Wildman–Crippen LogP) is 9.72. The van der Waals surface area contributed by atoms with Crippen molar-refractivity contribution in [3.63, 3.8) is 0 Å². The van der Waals surface area contributed by atoms with Gasteiger partial charge in [-0.15, -0.1) is 0 Å². The highest BCUT2D eigenvalue weighted by Crippen LogP contribution is 2.36. The summed E-state index contributed by atoms with van der Waals surface area (Å²) in [4.78, 5) is 0. The van der Waals surface area contributed by atoms with E-state index in [1.165, 1.54) is 107 Å². The van der Waals surface area contributed by atoms with Crippen LogP contribution in [-0.2, 0) is 6.42 Å². The lowest BCUT2D eigenvalue weighted by Gasteiger charge is -2.26. The van der Waals surface area contributed by atoms with Gasteiger partial charge in [0.1, 0.15) is 0 Å². The van der Waals surface area contributed by atoms with E-state index in [1.807, 2.05) is 0 Å². The number of rotatable bonds is 12. The summed E-state index contributed by atoms with van der Waals surface area (Å²) in [5.41, 5.74) is 5.76. The zero-order valence-corrected chi connectivity index (χ0v) is 19.7.